The number of aromatic nitrogens is 1. The third-order valence-corrected chi connectivity index (χ3v) is 8.01. The Kier molecular flexibility index (Phi) is 9.98. The van der Waals surface area contributed by atoms with Crippen LogP contribution >= 0.6 is 11.6 Å². The Morgan fingerprint density at radius 1 is 1.12 bits per heavy atom. The lowest BCUT2D eigenvalue weighted by atomic mass is 9.93. The molecule has 0 bridgehead atoms. The summed E-state index contributed by atoms with van der Waals surface area (Å²) in [6.45, 7) is 15.8. The minimum atomic E-state index is -0.619. The zero-order valence-electron chi connectivity index (χ0n) is 25.3. The molecule has 9 heteroatoms. The maximum atomic E-state index is 13.3. The molecule has 2 saturated heterocycles. The number of nitrogens with zero attached hydrogens (tertiary/aromatic N) is 3. The molecule has 1 aromatic heterocycles. The van der Waals surface area contributed by atoms with Crippen molar-refractivity contribution >= 4 is 35.1 Å². The Bertz CT molecular complexity index is 1220. The molecule has 224 valence electrons. The van der Waals surface area contributed by atoms with Gasteiger partial charge in [0.15, 0.2) is 0 Å². The Labute approximate surface area is 249 Å². The van der Waals surface area contributed by atoms with Gasteiger partial charge in [0.2, 0.25) is 5.91 Å². The van der Waals surface area contributed by atoms with Gasteiger partial charge < -0.3 is 14.8 Å². The first kappa shape index (κ1) is 31.3. The highest BCUT2D eigenvalue weighted by atomic mass is 35.5. The first-order chi connectivity index (χ1) is 19.3. The van der Waals surface area contributed by atoms with E-state index in [9.17, 15) is 9.59 Å². The second kappa shape index (κ2) is 13.1. The van der Waals surface area contributed by atoms with E-state index in [1.165, 1.54) is 0 Å². The van der Waals surface area contributed by atoms with Crippen molar-refractivity contribution in [2.24, 2.45) is 11.8 Å². The average molecular weight is 585 g/mol. The molecule has 0 spiro atoms. The Hall–Kier alpha value is -2.68. The van der Waals surface area contributed by atoms with E-state index < -0.39 is 5.60 Å². The highest BCUT2D eigenvalue weighted by Gasteiger charge is 2.32. The molecule has 1 atom stereocenters. The minimum Gasteiger partial charge on any atom is -0.443 e. The second-order valence-corrected chi connectivity index (χ2v) is 13.6. The van der Waals surface area contributed by atoms with Crippen LogP contribution in [0, 0.1) is 11.8 Å². The van der Waals surface area contributed by atoms with E-state index in [1.54, 1.807) is 17.2 Å². The van der Waals surface area contributed by atoms with Gasteiger partial charge in [-0.2, -0.15) is 0 Å². The lowest BCUT2D eigenvalue weighted by Gasteiger charge is -2.41. The number of hydrogen-bond acceptors (Lipinski definition) is 6. The van der Waals surface area contributed by atoms with Crippen LogP contribution in [0.1, 0.15) is 67.2 Å². The van der Waals surface area contributed by atoms with Crippen LogP contribution in [-0.2, 0) is 14.3 Å². The van der Waals surface area contributed by atoms with E-state index >= 15 is 0 Å². The molecule has 3 heterocycles. The van der Waals surface area contributed by atoms with Gasteiger partial charge in [-0.3, -0.25) is 14.6 Å². The van der Waals surface area contributed by atoms with Crippen LogP contribution in [0.3, 0.4) is 0 Å². The average Bonchev–Trinajstić information content (AvgIpc) is 2.92. The summed E-state index contributed by atoms with van der Waals surface area (Å²) in [5.74, 6) is 0.653. The number of benzene rings is 1. The van der Waals surface area contributed by atoms with Crippen LogP contribution in [0.15, 0.2) is 36.5 Å². The zero-order valence-corrected chi connectivity index (χ0v) is 26.1. The van der Waals surface area contributed by atoms with Crippen molar-refractivity contribution in [3.05, 3.63) is 41.6 Å². The number of hydrogen-bond donors (Lipinski definition) is 1. The first-order valence-corrected chi connectivity index (χ1v) is 15.1. The molecule has 1 unspecified atom stereocenters. The molecule has 1 N–H and O–H groups in total. The number of pyridine rings is 1. The topological polar surface area (TPSA) is 84.0 Å². The maximum absolute atomic E-state index is 13.3. The quantitative estimate of drug-likeness (QED) is 0.393. The molecular weight excluding hydrogens is 540 g/mol. The molecule has 8 nitrogen and oxygen atoms in total. The van der Waals surface area contributed by atoms with Crippen molar-refractivity contribution in [2.75, 3.05) is 43.1 Å². The van der Waals surface area contributed by atoms with E-state index in [2.05, 4.69) is 36.0 Å². The van der Waals surface area contributed by atoms with Crippen molar-refractivity contribution < 1.29 is 19.1 Å². The van der Waals surface area contributed by atoms with Crippen LogP contribution in [0.4, 0.5) is 16.3 Å². The van der Waals surface area contributed by atoms with Gasteiger partial charge >= 0.3 is 6.09 Å². The van der Waals surface area contributed by atoms with Crippen LogP contribution in [-0.4, -0.2) is 65.9 Å². The molecule has 4 rings (SSSR count). The summed E-state index contributed by atoms with van der Waals surface area (Å²) >= 11 is 6.62. The van der Waals surface area contributed by atoms with Gasteiger partial charge in [0.25, 0.3) is 0 Å². The third kappa shape index (κ3) is 8.66. The van der Waals surface area contributed by atoms with E-state index in [-0.39, 0.29) is 23.5 Å². The SMILES string of the molecule is CC(C)(C)OC(=O)N(CC1CCOCC1)c1cccc(-c2cc(NC(=O)C3CCCN(C(C)(C)C)C3)ncc2Cl)c1. The Morgan fingerprint density at radius 3 is 2.54 bits per heavy atom. The minimum absolute atomic E-state index is 0.0214. The molecule has 2 aliphatic heterocycles. The summed E-state index contributed by atoms with van der Waals surface area (Å²) in [6.07, 6.45) is 4.82. The monoisotopic (exact) mass is 584 g/mol. The lowest BCUT2D eigenvalue weighted by Crippen LogP contribution is -2.49. The number of carbonyl (C=O) groups is 2. The molecule has 0 saturated carbocycles. The second-order valence-electron chi connectivity index (χ2n) is 13.2. The Morgan fingerprint density at radius 2 is 1.85 bits per heavy atom. The molecule has 2 aliphatic rings. The fourth-order valence-electron chi connectivity index (χ4n) is 5.39. The van der Waals surface area contributed by atoms with Crippen molar-refractivity contribution in [1.82, 2.24) is 9.88 Å². The van der Waals surface area contributed by atoms with Gasteiger partial charge in [-0.15, -0.1) is 0 Å². The number of amides is 2. The van der Waals surface area contributed by atoms with Crippen LogP contribution in [0.5, 0.6) is 0 Å². The molecule has 41 heavy (non-hydrogen) atoms. The summed E-state index contributed by atoms with van der Waals surface area (Å²) in [4.78, 5) is 35.0. The molecule has 0 radical (unpaired) electrons. The number of likely N-dealkylation sites (tertiary alicyclic amines) is 1. The van der Waals surface area contributed by atoms with Gasteiger partial charge in [-0.25, -0.2) is 9.78 Å². The summed E-state index contributed by atoms with van der Waals surface area (Å²) in [6, 6.07) is 9.51. The van der Waals surface area contributed by atoms with Crippen molar-refractivity contribution in [1.29, 1.82) is 0 Å². The highest BCUT2D eigenvalue weighted by molar-refractivity contribution is 6.33. The Balaban J connectivity index is 1.56. The molecular formula is C32H45ClN4O4. The van der Waals surface area contributed by atoms with Gasteiger partial charge in [0, 0.05) is 49.3 Å². The molecule has 0 aliphatic carbocycles. The maximum Gasteiger partial charge on any atom is 0.414 e. The third-order valence-electron chi connectivity index (χ3n) is 7.71. The zero-order chi connectivity index (χ0) is 29.8. The van der Waals surface area contributed by atoms with E-state index in [4.69, 9.17) is 21.1 Å². The largest absolute Gasteiger partial charge is 0.443 e. The smallest absolute Gasteiger partial charge is 0.414 e. The number of nitrogens with one attached hydrogen (secondary N) is 1. The predicted molar refractivity (Wildman–Crippen MR) is 164 cm³/mol. The van der Waals surface area contributed by atoms with Crippen LogP contribution in [0.2, 0.25) is 5.02 Å². The summed E-state index contributed by atoms with van der Waals surface area (Å²) in [7, 11) is 0. The van der Waals surface area contributed by atoms with Crippen molar-refractivity contribution in [3.63, 3.8) is 0 Å². The first-order valence-electron chi connectivity index (χ1n) is 14.7. The van der Waals surface area contributed by atoms with E-state index in [1.807, 2.05) is 45.0 Å². The van der Waals surface area contributed by atoms with Gasteiger partial charge in [-0.05, 0) is 103 Å². The van der Waals surface area contributed by atoms with Crippen LogP contribution < -0.4 is 10.2 Å². The highest BCUT2D eigenvalue weighted by Crippen LogP contribution is 2.33. The fourth-order valence-corrected chi connectivity index (χ4v) is 5.60. The normalized spacial score (nSPS) is 19.0. The number of halogens is 1. The molecule has 1 aromatic carbocycles. The number of piperidine rings is 1. The number of anilines is 2. The molecule has 2 amide bonds. The van der Waals surface area contributed by atoms with Gasteiger partial charge in [0.05, 0.1) is 10.9 Å². The standard InChI is InChI=1S/C32H45ClN4O4/c1-31(2,3)36-14-8-10-24(21-36)29(38)35-28-18-26(27(33)19-34-28)23-9-7-11-25(17-23)37(30(39)41-32(4,5)6)20-22-12-15-40-16-13-22/h7,9,11,17-19,22,24H,8,10,12-16,20-21H2,1-6H3,(H,34,35,38). The molecule has 2 fully saturated rings. The van der Waals surface area contributed by atoms with Crippen molar-refractivity contribution in [2.45, 2.75) is 78.4 Å². The summed E-state index contributed by atoms with van der Waals surface area (Å²) < 4.78 is 11.3. The predicted octanol–water partition coefficient (Wildman–Crippen LogP) is 7.02. The van der Waals surface area contributed by atoms with Crippen LogP contribution in [0.25, 0.3) is 11.1 Å². The number of rotatable bonds is 6. The van der Waals surface area contributed by atoms with Gasteiger partial charge in [0.1, 0.15) is 11.4 Å². The van der Waals surface area contributed by atoms with E-state index in [0.29, 0.717) is 36.5 Å². The molecule has 2 aromatic rings. The number of ether oxygens (including phenoxy) is 2. The number of carbonyl (C=O) groups excluding carboxylic acids is 2. The van der Waals surface area contributed by atoms with Crippen molar-refractivity contribution in [3.8, 4) is 11.1 Å². The summed E-state index contributed by atoms with van der Waals surface area (Å²) in [5, 5.41) is 3.49. The fraction of sp³-hybridized carbons (Fsp3) is 0.594. The lowest BCUT2D eigenvalue weighted by molar-refractivity contribution is -0.122. The van der Waals surface area contributed by atoms with Gasteiger partial charge in [-0.1, -0.05) is 23.7 Å². The van der Waals surface area contributed by atoms with E-state index in [0.717, 1.165) is 55.6 Å². The summed E-state index contributed by atoms with van der Waals surface area (Å²) in [5.41, 5.74) is 1.68.